The van der Waals surface area contributed by atoms with Gasteiger partial charge in [0.1, 0.15) is 5.82 Å². The maximum atomic E-state index is 12.4. The third kappa shape index (κ3) is 2.98. The fraction of sp³-hybridized carbons (Fsp3) is 0.267. The lowest BCUT2D eigenvalue weighted by molar-refractivity contribution is 0.0968. The zero-order valence-electron chi connectivity index (χ0n) is 11.6. The van der Waals surface area contributed by atoms with Crippen LogP contribution in [0.15, 0.2) is 29.2 Å². The number of carbonyl (C=O) groups is 1. The van der Waals surface area contributed by atoms with E-state index in [1.165, 1.54) is 10.8 Å². The van der Waals surface area contributed by atoms with Gasteiger partial charge < -0.3 is 0 Å². The van der Waals surface area contributed by atoms with Crippen LogP contribution in [-0.4, -0.2) is 15.3 Å². The van der Waals surface area contributed by atoms with Crippen molar-refractivity contribution >= 4 is 28.4 Å². The number of nitrogens with zero attached hydrogens (tertiary/aromatic N) is 2. The molecule has 1 aromatic heterocycles. The summed E-state index contributed by atoms with van der Waals surface area (Å²) in [5, 5.41) is 0. The van der Waals surface area contributed by atoms with Crippen molar-refractivity contribution in [2.75, 3.05) is 0 Å². The molecule has 104 valence electrons. The number of halogens is 1. The first-order chi connectivity index (χ1) is 9.40. The number of hydrogen-bond donors (Lipinski definition) is 0. The highest BCUT2D eigenvalue weighted by atomic mass is 127. The quantitative estimate of drug-likeness (QED) is 0.606. The van der Waals surface area contributed by atoms with Crippen LogP contribution in [0.25, 0.3) is 0 Å². The Morgan fingerprint density at radius 1 is 1.30 bits per heavy atom. The Balaban J connectivity index is 2.40. The summed E-state index contributed by atoms with van der Waals surface area (Å²) in [4.78, 5) is 28.6. The number of rotatable bonds is 3. The lowest BCUT2D eigenvalue weighted by Gasteiger charge is -2.10. The molecular formula is C15H15IN2O2. The van der Waals surface area contributed by atoms with E-state index in [1.54, 1.807) is 6.92 Å². The molecule has 0 atom stereocenters. The fourth-order valence-corrected chi connectivity index (χ4v) is 2.43. The molecule has 0 spiro atoms. The molecule has 1 heterocycles. The van der Waals surface area contributed by atoms with E-state index in [-0.39, 0.29) is 17.9 Å². The van der Waals surface area contributed by atoms with Crippen molar-refractivity contribution in [3.05, 3.63) is 60.8 Å². The summed E-state index contributed by atoms with van der Waals surface area (Å²) >= 11 is 1.93. The smallest absolute Gasteiger partial charge is 0.267 e. The van der Waals surface area contributed by atoms with Crippen LogP contribution < -0.4 is 5.56 Å². The second-order valence-electron chi connectivity index (χ2n) is 4.79. The summed E-state index contributed by atoms with van der Waals surface area (Å²) in [6, 6.07) is 5.75. The average molecular weight is 382 g/mol. The van der Waals surface area contributed by atoms with Crippen LogP contribution in [0.3, 0.4) is 0 Å². The van der Waals surface area contributed by atoms with Crippen LogP contribution in [0.5, 0.6) is 0 Å². The number of carbonyl (C=O) groups excluding carboxylic acids is 1. The molecule has 0 saturated carbocycles. The van der Waals surface area contributed by atoms with E-state index >= 15 is 0 Å². The molecule has 2 aromatic rings. The first kappa shape index (κ1) is 14.9. The Morgan fingerprint density at radius 3 is 2.70 bits per heavy atom. The van der Waals surface area contributed by atoms with Gasteiger partial charge in [0.15, 0.2) is 5.78 Å². The Morgan fingerprint density at radius 2 is 2.00 bits per heavy atom. The summed E-state index contributed by atoms with van der Waals surface area (Å²) in [5.41, 5.74) is 2.44. The van der Waals surface area contributed by atoms with E-state index in [0.29, 0.717) is 15.0 Å². The van der Waals surface area contributed by atoms with Gasteiger partial charge in [-0.3, -0.25) is 14.2 Å². The first-order valence-corrected chi connectivity index (χ1v) is 7.30. The minimum atomic E-state index is -0.170. The lowest BCUT2D eigenvalue weighted by Crippen LogP contribution is -2.29. The standard InChI is InChI=1S/C15H15IN2O2/c1-9-4-5-10(2)12(6-9)14(19)8-18-11(3)17-7-13(16)15(18)20/h4-7H,8H2,1-3H3. The maximum absolute atomic E-state index is 12.4. The Labute approximate surface area is 131 Å². The van der Waals surface area contributed by atoms with E-state index < -0.39 is 0 Å². The molecule has 1 aromatic carbocycles. The summed E-state index contributed by atoms with van der Waals surface area (Å²) < 4.78 is 1.94. The normalized spacial score (nSPS) is 10.6. The van der Waals surface area contributed by atoms with Crippen molar-refractivity contribution in [3.63, 3.8) is 0 Å². The summed E-state index contributed by atoms with van der Waals surface area (Å²) in [6.45, 7) is 5.60. The van der Waals surface area contributed by atoms with E-state index in [1.807, 2.05) is 54.6 Å². The minimum absolute atomic E-state index is 0.0266. The third-order valence-corrected chi connectivity index (χ3v) is 3.94. The van der Waals surface area contributed by atoms with Gasteiger partial charge >= 0.3 is 0 Å². The van der Waals surface area contributed by atoms with E-state index in [4.69, 9.17) is 0 Å². The predicted octanol–water partition coefficient (Wildman–Crippen LogP) is 2.66. The number of ketones is 1. The van der Waals surface area contributed by atoms with E-state index in [2.05, 4.69) is 4.98 Å². The molecule has 20 heavy (non-hydrogen) atoms. The SMILES string of the molecule is Cc1ccc(C)c(C(=O)Cn2c(C)ncc(I)c2=O)c1. The fourth-order valence-electron chi connectivity index (χ4n) is 2.00. The molecule has 2 rings (SSSR count). The zero-order valence-corrected chi connectivity index (χ0v) is 13.8. The van der Waals surface area contributed by atoms with Crippen LogP contribution >= 0.6 is 22.6 Å². The van der Waals surface area contributed by atoms with Gasteiger partial charge in [0, 0.05) is 11.8 Å². The summed E-state index contributed by atoms with van der Waals surface area (Å²) in [6.07, 6.45) is 1.52. The lowest BCUT2D eigenvalue weighted by atomic mass is 10.0. The topological polar surface area (TPSA) is 52.0 Å². The second-order valence-corrected chi connectivity index (χ2v) is 5.95. The van der Waals surface area contributed by atoms with Gasteiger partial charge in [-0.05, 0) is 55.0 Å². The number of benzene rings is 1. The second kappa shape index (κ2) is 5.87. The Hall–Kier alpha value is -1.50. The van der Waals surface area contributed by atoms with Gasteiger partial charge in [-0.25, -0.2) is 4.98 Å². The summed E-state index contributed by atoms with van der Waals surface area (Å²) in [7, 11) is 0. The number of aryl methyl sites for hydroxylation is 3. The highest BCUT2D eigenvalue weighted by molar-refractivity contribution is 14.1. The maximum Gasteiger partial charge on any atom is 0.267 e. The molecular weight excluding hydrogens is 367 g/mol. The van der Waals surface area contributed by atoms with Gasteiger partial charge in [0.05, 0.1) is 10.1 Å². The first-order valence-electron chi connectivity index (χ1n) is 6.22. The molecule has 5 heteroatoms. The number of hydrogen-bond acceptors (Lipinski definition) is 3. The van der Waals surface area contributed by atoms with Gasteiger partial charge in [0.25, 0.3) is 5.56 Å². The van der Waals surface area contributed by atoms with Crippen LogP contribution in [0.4, 0.5) is 0 Å². The predicted molar refractivity (Wildman–Crippen MR) is 86.2 cm³/mol. The minimum Gasteiger partial charge on any atom is -0.292 e. The van der Waals surface area contributed by atoms with Crippen LogP contribution in [0.1, 0.15) is 27.3 Å². The molecule has 0 aliphatic carbocycles. The molecule has 0 unspecified atom stereocenters. The summed E-state index contributed by atoms with van der Waals surface area (Å²) in [5.74, 6) is 0.481. The van der Waals surface area contributed by atoms with Crippen molar-refractivity contribution in [1.29, 1.82) is 0 Å². The Kier molecular flexibility index (Phi) is 4.37. The molecule has 0 N–H and O–H groups in total. The molecule has 0 amide bonds. The molecule has 4 nitrogen and oxygen atoms in total. The average Bonchev–Trinajstić information content (AvgIpc) is 2.41. The molecule has 0 saturated heterocycles. The third-order valence-electron chi connectivity index (χ3n) is 3.20. The van der Waals surface area contributed by atoms with E-state index in [9.17, 15) is 9.59 Å². The van der Waals surface area contributed by atoms with Crippen LogP contribution in [0.2, 0.25) is 0 Å². The van der Waals surface area contributed by atoms with Crippen molar-refractivity contribution < 1.29 is 4.79 Å². The highest BCUT2D eigenvalue weighted by Gasteiger charge is 2.13. The van der Waals surface area contributed by atoms with E-state index in [0.717, 1.165) is 11.1 Å². The molecule has 0 aliphatic rings. The largest absolute Gasteiger partial charge is 0.292 e. The van der Waals surface area contributed by atoms with Gasteiger partial charge in [-0.2, -0.15) is 0 Å². The van der Waals surface area contributed by atoms with Crippen molar-refractivity contribution in [2.45, 2.75) is 27.3 Å². The van der Waals surface area contributed by atoms with Crippen molar-refractivity contribution in [1.82, 2.24) is 9.55 Å². The molecule has 0 bridgehead atoms. The van der Waals surface area contributed by atoms with Crippen molar-refractivity contribution in [3.8, 4) is 0 Å². The van der Waals surface area contributed by atoms with Gasteiger partial charge in [0.2, 0.25) is 0 Å². The Bertz CT molecular complexity index is 735. The number of aromatic nitrogens is 2. The zero-order chi connectivity index (χ0) is 14.9. The van der Waals surface area contributed by atoms with Crippen molar-refractivity contribution in [2.24, 2.45) is 0 Å². The van der Waals surface area contributed by atoms with Gasteiger partial charge in [-0.15, -0.1) is 0 Å². The monoisotopic (exact) mass is 382 g/mol. The molecule has 0 radical (unpaired) electrons. The number of Topliss-reactive ketones (excluding diaryl/α,β-unsaturated/α-hetero) is 1. The highest BCUT2D eigenvalue weighted by Crippen LogP contribution is 2.12. The molecule has 0 fully saturated rings. The molecule has 0 aliphatic heterocycles. The van der Waals surface area contributed by atoms with Crippen LogP contribution in [0, 0.1) is 24.3 Å². The van der Waals surface area contributed by atoms with Gasteiger partial charge in [-0.1, -0.05) is 17.7 Å². The van der Waals surface area contributed by atoms with Crippen LogP contribution in [-0.2, 0) is 6.54 Å².